The molecule has 1 aliphatic rings. The zero-order valence-electron chi connectivity index (χ0n) is 19.2. The molecule has 1 fully saturated rings. The quantitative estimate of drug-likeness (QED) is 0.354. The Hall–Kier alpha value is -3.46. The van der Waals surface area contributed by atoms with Crippen molar-refractivity contribution in [3.05, 3.63) is 74.8 Å². The highest BCUT2D eigenvalue weighted by Gasteiger charge is 2.19. The van der Waals surface area contributed by atoms with Crippen LogP contribution < -0.4 is 5.76 Å². The third kappa shape index (κ3) is 5.91. The van der Waals surface area contributed by atoms with Gasteiger partial charge < -0.3 is 14.2 Å². The van der Waals surface area contributed by atoms with Crippen LogP contribution in [0.4, 0.5) is 5.69 Å². The summed E-state index contributed by atoms with van der Waals surface area (Å²) in [6, 6.07) is 14.6. The number of aromatic nitrogens is 1. The second kappa shape index (κ2) is 11.1. The Morgan fingerprint density at radius 1 is 1.00 bits per heavy atom. The molecule has 180 valence electrons. The van der Waals surface area contributed by atoms with E-state index in [1.807, 2.05) is 11.0 Å². The average Bonchev–Trinajstić information content (AvgIpc) is 2.98. The Bertz CT molecular complexity index is 1190. The van der Waals surface area contributed by atoms with Crippen LogP contribution in [0.1, 0.15) is 31.2 Å². The van der Waals surface area contributed by atoms with Gasteiger partial charge in [-0.05, 0) is 50.4 Å². The number of oxazole rings is 1. The molecule has 0 radical (unpaired) electrons. The second-order valence-electron chi connectivity index (χ2n) is 8.70. The molecule has 0 atom stereocenters. The van der Waals surface area contributed by atoms with Crippen molar-refractivity contribution in [1.82, 2.24) is 14.4 Å². The second-order valence-corrected chi connectivity index (χ2v) is 8.70. The van der Waals surface area contributed by atoms with E-state index >= 15 is 0 Å². The standard InChI is InChI=1S/C25H30N4O5/c30-24(10-5-16-28-22-12-11-21(29(32)33)19-23(22)34-25(28)31)27-15-6-14-26(17-18-27)13-4-9-20-7-2-1-3-8-20/h1-3,7-8,11-12,19H,4-6,9-10,13-18H2. The molecule has 0 saturated carbocycles. The molecular formula is C25H30N4O5. The zero-order valence-corrected chi connectivity index (χ0v) is 19.2. The number of aryl methyl sites for hydroxylation is 2. The van der Waals surface area contributed by atoms with E-state index in [0.29, 0.717) is 24.9 Å². The lowest BCUT2D eigenvalue weighted by Gasteiger charge is -2.22. The molecule has 0 spiro atoms. The molecule has 0 bridgehead atoms. The molecule has 9 heteroatoms. The summed E-state index contributed by atoms with van der Waals surface area (Å²) in [5.74, 6) is -0.466. The van der Waals surface area contributed by atoms with Crippen molar-refractivity contribution in [2.45, 2.75) is 38.6 Å². The Balaban J connectivity index is 1.23. The van der Waals surface area contributed by atoms with E-state index in [1.54, 1.807) is 0 Å². The Kier molecular flexibility index (Phi) is 7.74. The predicted octanol–water partition coefficient (Wildman–Crippen LogP) is 3.45. The largest absolute Gasteiger partial charge is 0.419 e. The smallest absolute Gasteiger partial charge is 0.407 e. The molecular weight excluding hydrogens is 436 g/mol. The van der Waals surface area contributed by atoms with Crippen LogP contribution in [0.5, 0.6) is 0 Å². The number of carbonyl (C=O) groups is 1. The molecule has 0 unspecified atom stereocenters. The minimum atomic E-state index is -0.566. The molecule has 3 aromatic rings. The lowest BCUT2D eigenvalue weighted by Crippen LogP contribution is -2.35. The van der Waals surface area contributed by atoms with Crippen molar-refractivity contribution < 1.29 is 14.1 Å². The van der Waals surface area contributed by atoms with Gasteiger partial charge in [0.1, 0.15) is 0 Å². The highest BCUT2D eigenvalue weighted by atomic mass is 16.6. The van der Waals surface area contributed by atoms with Crippen LogP contribution in [0.3, 0.4) is 0 Å². The van der Waals surface area contributed by atoms with Crippen molar-refractivity contribution >= 4 is 22.7 Å². The number of non-ortho nitro benzene ring substituents is 1. The van der Waals surface area contributed by atoms with Crippen molar-refractivity contribution in [1.29, 1.82) is 0 Å². The van der Waals surface area contributed by atoms with Crippen LogP contribution in [-0.4, -0.2) is 57.9 Å². The van der Waals surface area contributed by atoms with Crippen LogP contribution in [0.25, 0.3) is 11.1 Å². The number of hydrogen-bond donors (Lipinski definition) is 0. The molecule has 0 aliphatic carbocycles. The first kappa shape index (κ1) is 23.7. The third-order valence-corrected chi connectivity index (χ3v) is 6.36. The maximum Gasteiger partial charge on any atom is 0.419 e. The number of benzene rings is 2. The van der Waals surface area contributed by atoms with Gasteiger partial charge in [0.15, 0.2) is 5.58 Å². The number of nitrogens with zero attached hydrogens (tertiary/aromatic N) is 4. The van der Waals surface area contributed by atoms with E-state index in [1.165, 1.54) is 28.3 Å². The fraction of sp³-hybridized carbons (Fsp3) is 0.440. The normalized spacial score (nSPS) is 14.9. The number of fused-ring (bicyclic) bond motifs is 1. The maximum atomic E-state index is 12.8. The van der Waals surface area contributed by atoms with Gasteiger partial charge in [0.05, 0.1) is 16.5 Å². The van der Waals surface area contributed by atoms with Crippen LogP contribution in [-0.2, 0) is 17.8 Å². The van der Waals surface area contributed by atoms with Crippen molar-refractivity contribution in [3.8, 4) is 0 Å². The molecule has 0 N–H and O–H groups in total. The first-order valence-corrected chi connectivity index (χ1v) is 11.8. The number of hydrogen-bond acceptors (Lipinski definition) is 6. The van der Waals surface area contributed by atoms with Crippen LogP contribution in [0, 0.1) is 10.1 Å². The van der Waals surface area contributed by atoms with E-state index in [4.69, 9.17) is 4.42 Å². The Morgan fingerprint density at radius 3 is 2.62 bits per heavy atom. The van der Waals surface area contributed by atoms with E-state index in [9.17, 15) is 19.7 Å². The van der Waals surface area contributed by atoms with Gasteiger partial charge in [-0.3, -0.25) is 19.5 Å². The third-order valence-electron chi connectivity index (χ3n) is 6.36. The predicted molar refractivity (Wildman–Crippen MR) is 129 cm³/mol. The fourth-order valence-corrected chi connectivity index (χ4v) is 4.52. The van der Waals surface area contributed by atoms with Crippen molar-refractivity contribution in [3.63, 3.8) is 0 Å². The number of nitro groups is 1. The molecule has 34 heavy (non-hydrogen) atoms. The van der Waals surface area contributed by atoms with Crippen molar-refractivity contribution in [2.24, 2.45) is 0 Å². The number of amides is 1. The van der Waals surface area contributed by atoms with Crippen LogP contribution >= 0.6 is 0 Å². The maximum absolute atomic E-state index is 12.8. The summed E-state index contributed by atoms with van der Waals surface area (Å²) in [5, 5.41) is 10.9. The summed E-state index contributed by atoms with van der Waals surface area (Å²) in [7, 11) is 0. The van der Waals surface area contributed by atoms with Gasteiger partial charge in [0.25, 0.3) is 5.69 Å². The Morgan fingerprint density at radius 2 is 1.82 bits per heavy atom. The number of nitro benzene ring substituents is 1. The first-order chi connectivity index (χ1) is 16.5. The summed E-state index contributed by atoms with van der Waals surface area (Å²) in [4.78, 5) is 39.7. The van der Waals surface area contributed by atoms with Gasteiger partial charge in [-0.15, -0.1) is 0 Å². The van der Waals surface area contributed by atoms with Gasteiger partial charge in [0, 0.05) is 38.7 Å². The SMILES string of the molecule is O=C(CCCn1c(=O)oc2cc([N+](=O)[O-])ccc21)N1CCCN(CCCc2ccccc2)CC1. The molecule has 1 aliphatic heterocycles. The first-order valence-electron chi connectivity index (χ1n) is 11.8. The summed E-state index contributed by atoms with van der Waals surface area (Å²) < 4.78 is 6.59. The van der Waals surface area contributed by atoms with E-state index in [-0.39, 0.29) is 17.2 Å². The molecule has 2 aromatic carbocycles. The minimum absolute atomic E-state index is 0.0997. The molecule has 1 amide bonds. The average molecular weight is 467 g/mol. The van der Waals surface area contributed by atoms with Gasteiger partial charge >= 0.3 is 5.76 Å². The molecule has 4 rings (SSSR count). The van der Waals surface area contributed by atoms with Gasteiger partial charge in [-0.25, -0.2) is 4.79 Å². The van der Waals surface area contributed by atoms with Crippen LogP contribution in [0.15, 0.2) is 57.7 Å². The van der Waals surface area contributed by atoms with Gasteiger partial charge in [0.2, 0.25) is 5.91 Å². The summed E-state index contributed by atoms with van der Waals surface area (Å²) >= 11 is 0. The Labute approximate surface area is 197 Å². The monoisotopic (exact) mass is 466 g/mol. The lowest BCUT2D eigenvalue weighted by molar-refractivity contribution is -0.384. The van der Waals surface area contributed by atoms with Crippen molar-refractivity contribution in [2.75, 3.05) is 32.7 Å². The minimum Gasteiger partial charge on any atom is -0.407 e. The van der Waals surface area contributed by atoms with E-state index in [0.717, 1.165) is 52.0 Å². The molecule has 1 aromatic heterocycles. The molecule has 2 heterocycles. The van der Waals surface area contributed by atoms with Gasteiger partial charge in [-0.2, -0.15) is 0 Å². The van der Waals surface area contributed by atoms with E-state index in [2.05, 4.69) is 29.2 Å². The fourth-order valence-electron chi connectivity index (χ4n) is 4.52. The van der Waals surface area contributed by atoms with Crippen LogP contribution in [0.2, 0.25) is 0 Å². The number of carbonyl (C=O) groups excluding carboxylic acids is 1. The zero-order chi connectivity index (χ0) is 23.9. The molecule has 1 saturated heterocycles. The number of rotatable bonds is 9. The summed E-state index contributed by atoms with van der Waals surface area (Å²) in [5.41, 5.74) is 1.92. The highest BCUT2D eigenvalue weighted by Crippen LogP contribution is 2.20. The summed E-state index contributed by atoms with van der Waals surface area (Å²) in [6.45, 7) is 4.72. The highest BCUT2D eigenvalue weighted by molar-refractivity contribution is 5.77. The topological polar surface area (TPSA) is 102 Å². The van der Waals surface area contributed by atoms with Gasteiger partial charge in [-0.1, -0.05) is 30.3 Å². The van der Waals surface area contributed by atoms with E-state index < -0.39 is 10.7 Å². The molecule has 9 nitrogen and oxygen atoms in total. The summed E-state index contributed by atoms with van der Waals surface area (Å²) in [6.07, 6.45) is 3.98. The lowest BCUT2D eigenvalue weighted by atomic mass is 10.1.